The summed E-state index contributed by atoms with van der Waals surface area (Å²) in [5.74, 6) is -0.296. The van der Waals surface area contributed by atoms with Crippen LogP contribution in [0.15, 0.2) is 30.3 Å². The smallest absolute Gasteiger partial charge is 0.242 e. The second-order valence-corrected chi connectivity index (χ2v) is 3.54. The highest BCUT2D eigenvalue weighted by atomic mass is 16.3. The van der Waals surface area contributed by atoms with Crippen LogP contribution in [0, 0.1) is 0 Å². The molecule has 0 aliphatic carbocycles. The maximum Gasteiger partial charge on any atom is 0.242 e. The van der Waals surface area contributed by atoms with Crippen molar-refractivity contribution in [2.75, 3.05) is 13.2 Å². The zero-order valence-electron chi connectivity index (χ0n) is 9.43. The zero-order chi connectivity index (χ0) is 12.5. The molecule has 1 rings (SSSR count). The summed E-state index contributed by atoms with van der Waals surface area (Å²) in [5.41, 5.74) is 0.964. The fourth-order valence-corrected chi connectivity index (χ4v) is 1.46. The Morgan fingerprint density at radius 1 is 1.35 bits per heavy atom. The summed E-state index contributed by atoms with van der Waals surface area (Å²) < 4.78 is 0. The predicted molar refractivity (Wildman–Crippen MR) is 63.2 cm³/mol. The van der Waals surface area contributed by atoms with E-state index in [-0.39, 0.29) is 19.1 Å². The Balaban J connectivity index is 2.59. The van der Waals surface area contributed by atoms with Crippen molar-refractivity contribution in [1.29, 1.82) is 0 Å². The van der Waals surface area contributed by atoms with Gasteiger partial charge in [0.2, 0.25) is 12.3 Å². The predicted octanol–water partition coefficient (Wildman–Crippen LogP) is -0.548. The van der Waals surface area contributed by atoms with Crippen LogP contribution in [0.1, 0.15) is 5.56 Å². The van der Waals surface area contributed by atoms with Gasteiger partial charge in [-0.1, -0.05) is 30.3 Å². The molecule has 17 heavy (non-hydrogen) atoms. The van der Waals surface area contributed by atoms with Crippen LogP contribution in [-0.2, 0) is 16.0 Å². The molecular weight excluding hydrogens is 220 g/mol. The monoisotopic (exact) mass is 236 g/mol. The molecular formula is C12H16N2O3. The molecule has 0 spiro atoms. The lowest BCUT2D eigenvalue weighted by atomic mass is 10.1. The first-order valence-corrected chi connectivity index (χ1v) is 5.40. The fourth-order valence-electron chi connectivity index (χ4n) is 1.46. The lowest BCUT2D eigenvalue weighted by molar-refractivity contribution is -0.125. The van der Waals surface area contributed by atoms with E-state index in [1.165, 1.54) is 0 Å². The van der Waals surface area contributed by atoms with Gasteiger partial charge in [0.15, 0.2) is 0 Å². The van der Waals surface area contributed by atoms with E-state index in [9.17, 15) is 9.59 Å². The first-order chi connectivity index (χ1) is 8.27. The van der Waals surface area contributed by atoms with E-state index >= 15 is 0 Å². The van der Waals surface area contributed by atoms with Crippen molar-refractivity contribution in [3.8, 4) is 0 Å². The normalized spacial score (nSPS) is 11.6. The standard InChI is InChI=1S/C12H16N2O3/c15-7-6-13-12(17)11(14-9-16)8-10-4-2-1-3-5-10/h1-5,9,11,15H,6-8H2,(H,13,17)(H,14,16). The van der Waals surface area contributed by atoms with Gasteiger partial charge in [0, 0.05) is 13.0 Å². The third-order valence-corrected chi connectivity index (χ3v) is 2.28. The SMILES string of the molecule is O=CNC(Cc1ccccc1)C(=O)NCCO. The van der Waals surface area contributed by atoms with Crippen LogP contribution in [0.2, 0.25) is 0 Å². The minimum absolute atomic E-state index is 0.120. The molecule has 0 aliphatic heterocycles. The minimum Gasteiger partial charge on any atom is -0.395 e. The molecule has 0 fully saturated rings. The van der Waals surface area contributed by atoms with Crippen LogP contribution in [-0.4, -0.2) is 36.6 Å². The Labute approximate surface area is 99.8 Å². The highest BCUT2D eigenvalue weighted by molar-refractivity contribution is 5.83. The van der Waals surface area contributed by atoms with Gasteiger partial charge in [0.1, 0.15) is 6.04 Å². The van der Waals surface area contributed by atoms with E-state index in [4.69, 9.17) is 5.11 Å². The van der Waals surface area contributed by atoms with E-state index < -0.39 is 6.04 Å². The van der Waals surface area contributed by atoms with Crippen molar-refractivity contribution in [2.45, 2.75) is 12.5 Å². The van der Waals surface area contributed by atoms with Crippen molar-refractivity contribution in [3.05, 3.63) is 35.9 Å². The molecule has 1 atom stereocenters. The first kappa shape index (κ1) is 13.2. The van der Waals surface area contributed by atoms with Gasteiger partial charge in [-0.3, -0.25) is 9.59 Å². The molecule has 0 saturated heterocycles. The summed E-state index contributed by atoms with van der Waals surface area (Å²) in [6, 6.07) is 8.80. The van der Waals surface area contributed by atoms with Crippen LogP contribution in [0.25, 0.3) is 0 Å². The summed E-state index contributed by atoms with van der Waals surface area (Å²) in [6.45, 7) is 0.0650. The van der Waals surface area contributed by atoms with Gasteiger partial charge in [-0.05, 0) is 5.56 Å². The highest BCUT2D eigenvalue weighted by Crippen LogP contribution is 2.02. The molecule has 0 aliphatic rings. The maximum absolute atomic E-state index is 11.7. The van der Waals surface area contributed by atoms with Crippen molar-refractivity contribution in [2.24, 2.45) is 0 Å². The van der Waals surface area contributed by atoms with E-state index in [1.54, 1.807) is 0 Å². The average molecular weight is 236 g/mol. The Hall–Kier alpha value is -1.88. The number of nitrogens with one attached hydrogen (secondary N) is 2. The van der Waals surface area contributed by atoms with E-state index in [0.29, 0.717) is 12.8 Å². The second-order valence-electron chi connectivity index (χ2n) is 3.54. The topological polar surface area (TPSA) is 78.4 Å². The van der Waals surface area contributed by atoms with Crippen LogP contribution < -0.4 is 10.6 Å². The number of hydrogen-bond donors (Lipinski definition) is 3. The first-order valence-electron chi connectivity index (χ1n) is 5.40. The highest BCUT2D eigenvalue weighted by Gasteiger charge is 2.17. The number of carbonyl (C=O) groups is 2. The third-order valence-electron chi connectivity index (χ3n) is 2.28. The summed E-state index contributed by atoms with van der Waals surface area (Å²) in [5, 5.41) is 13.6. The second kappa shape index (κ2) is 7.40. The maximum atomic E-state index is 11.7. The minimum atomic E-state index is -0.610. The molecule has 5 heteroatoms. The number of benzene rings is 1. The summed E-state index contributed by atoms with van der Waals surface area (Å²) >= 11 is 0. The van der Waals surface area contributed by atoms with Crippen molar-refractivity contribution >= 4 is 12.3 Å². The van der Waals surface area contributed by atoms with Gasteiger partial charge in [-0.2, -0.15) is 0 Å². The lowest BCUT2D eigenvalue weighted by Crippen LogP contribution is -2.45. The van der Waals surface area contributed by atoms with E-state index in [0.717, 1.165) is 5.56 Å². The van der Waals surface area contributed by atoms with Crippen molar-refractivity contribution in [1.82, 2.24) is 10.6 Å². The summed E-state index contributed by atoms with van der Waals surface area (Å²) in [4.78, 5) is 22.1. The van der Waals surface area contributed by atoms with Crippen LogP contribution >= 0.6 is 0 Å². The fraction of sp³-hybridized carbons (Fsp3) is 0.333. The number of hydrogen-bond acceptors (Lipinski definition) is 3. The Morgan fingerprint density at radius 2 is 2.06 bits per heavy atom. The van der Waals surface area contributed by atoms with E-state index in [2.05, 4.69) is 10.6 Å². The van der Waals surface area contributed by atoms with Gasteiger partial charge in [0.25, 0.3) is 0 Å². The molecule has 92 valence electrons. The molecule has 0 heterocycles. The van der Waals surface area contributed by atoms with Gasteiger partial charge in [0.05, 0.1) is 6.61 Å². The Kier molecular flexibility index (Phi) is 5.74. The summed E-state index contributed by atoms with van der Waals surface area (Å²) in [6.07, 6.45) is 0.934. The molecule has 5 nitrogen and oxygen atoms in total. The Morgan fingerprint density at radius 3 is 2.65 bits per heavy atom. The number of carbonyl (C=O) groups excluding carboxylic acids is 2. The van der Waals surface area contributed by atoms with Crippen LogP contribution in [0.3, 0.4) is 0 Å². The molecule has 2 amide bonds. The number of amides is 2. The van der Waals surface area contributed by atoms with Crippen molar-refractivity contribution < 1.29 is 14.7 Å². The van der Waals surface area contributed by atoms with Crippen LogP contribution in [0.5, 0.6) is 0 Å². The largest absolute Gasteiger partial charge is 0.395 e. The molecule has 3 N–H and O–H groups in total. The third kappa shape index (κ3) is 4.65. The quantitative estimate of drug-likeness (QED) is 0.556. The molecule has 0 bridgehead atoms. The molecule has 1 unspecified atom stereocenters. The summed E-state index contributed by atoms with van der Waals surface area (Å²) in [7, 11) is 0. The lowest BCUT2D eigenvalue weighted by Gasteiger charge is -2.15. The average Bonchev–Trinajstić information content (AvgIpc) is 2.36. The number of rotatable bonds is 7. The van der Waals surface area contributed by atoms with E-state index in [1.807, 2.05) is 30.3 Å². The molecule has 1 aromatic carbocycles. The van der Waals surface area contributed by atoms with Gasteiger partial charge < -0.3 is 15.7 Å². The molecule has 0 radical (unpaired) electrons. The van der Waals surface area contributed by atoms with Gasteiger partial charge >= 0.3 is 0 Å². The Bertz CT molecular complexity index is 354. The van der Waals surface area contributed by atoms with Gasteiger partial charge in [-0.25, -0.2) is 0 Å². The number of aliphatic hydroxyl groups is 1. The zero-order valence-corrected chi connectivity index (χ0v) is 9.43. The molecule has 0 saturated carbocycles. The van der Waals surface area contributed by atoms with Crippen LogP contribution in [0.4, 0.5) is 0 Å². The van der Waals surface area contributed by atoms with Gasteiger partial charge in [-0.15, -0.1) is 0 Å². The molecule has 1 aromatic rings. The molecule has 0 aromatic heterocycles. The number of aliphatic hydroxyl groups excluding tert-OH is 1. The van der Waals surface area contributed by atoms with Crippen molar-refractivity contribution in [3.63, 3.8) is 0 Å².